The number of anilines is 1. The van der Waals surface area contributed by atoms with Crippen LogP contribution in [0.5, 0.6) is 0 Å². The fourth-order valence-corrected chi connectivity index (χ4v) is 2.32. The third-order valence-electron chi connectivity index (χ3n) is 2.29. The van der Waals surface area contributed by atoms with E-state index >= 15 is 0 Å². The molecule has 0 bridgehead atoms. The van der Waals surface area contributed by atoms with E-state index in [9.17, 15) is 0 Å². The minimum atomic E-state index is 0.0164. The zero-order valence-electron chi connectivity index (χ0n) is 10.6. The molecule has 2 aromatic rings. The predicted octanol–water partition coefficient (Wildman–Crippen LogP) is 3.72. The van der Waals surface area contributed by atoms with Gasteiger partial charge in [0, 0.05) is 22.6 Å². The van der Waals surface area contributed by atoms with Gasteiger partial charge in [0.2, 0.25) is 5.13 Å². The molecule has 0 aliphatic carbocycles. The molecule has 1 aromatic carbocycles. The van der Waals surface area contributed by atoms with Crippen molar-refractivity contribution in [3.63, 3.8) is 0 Å². The average molecular weight is 247 g/mol. The van der Waals surface area contributed by atoms with Crippen LogP contribution in [-0.4, -0.2) is 14.9 Å². The van der Waals surface area contributed by atoms with E-state index in [4.69, 9.17) is 0 Å². The molecule has 0 atom stereocenters. The second-order valence-corrected chi connectivity index (χ2v) is 5.86. The molecule has 4 heteroatoms. The van der Waals surface area contributed by atoms with Crippen molar-refractivity contribution in [2.75, 3.05) is 5.32 Å². The van der Waals surface area contributed by atoms with Gasteiger partial charge in [0.05, 0.1) is 0 Å². The molecule has 2 rings (SSSR count). The molecule has 90 valence electrons. The van der Waals surface area contributed by atoms with E-state index in [1.807, 2.05) is 12.1 Å². The van der Waals surface area contributed by atoms with Crippen molar-refractivity contribution in [3.8, 4) is 11.4 Å². The van der Waals surface area contributed by atoms with Gasteiger partial charge in [-0.15, -0.1) is 0 Å². The topological polar surface area (TPSA) is 37.8 Å². The Morgan fingerprint density at radius 3 is 2.53 bits per heavy atom. The third kappa shape index (κ3) is 3.03. The number of aryl methyl sites for hydroxylation is 1. The summed E-state index contributed by atoms with van der Waals surface area (Å²) in [4.78, 5) is 4.52. The van der Waals surface area contributed by atoms with Crippen molar-refractivity contribution in [2.24, 2.45) is 0 Å². The van der Waals surface area contributed by atoms with Gasteiger partial charge in [-0.2, -0.15) is 9.36 Å². The Balaban J connectivity index is 2.28. The largest absolute Gasteiger partial charge is 0.356 e. The van der Waals surface area contributed by atoms with Crippen LogP contribution in [0.15, 0.2) is 24.3 Å². The van der Waals surface area contributed by atoms with E-state index in [2.05, 4.69) is 54.5 Å². The highest BCUT2D eigenvalue weighted by Crippen LogP contribution is 2.25. The highest BCUT2D eigenvalue weighted by Gasteiger charge is 2.14. The quantitative estimate of drug-likeness (QED) is 0.878. The zero-order valence-corrected chi connectivity index (χ0v) is 11.4. The fourth-order valence-electron chi connectivity index (χ4n) is 1.53. The van der Waals surface area contributed by atoms with Gasteiger partial charge in [-0.3, -0.25) is 0 Å². The van der Waals surface area contributed by atoms with Crippen LogP contribution < -0.4 is 5.32 Å². The highest BCUT2D eigenvalue weighted by molar-refractivity contribution is 7.09. The Bertz CT molecular complexity index is 511. The van der Waals surface area contributed by atoms with Crippen LogP contribution in [0, 0.1) is 6.92 Å². The predicted molar refractivity (Wildman–Crippen MR) is 73.5 cm³/mol. The van der Waals surface area contributed by atoms with Crippen molar-refractivity contribution >= 4 is 16.7 Å². The number of rotatable bonds is 2. The zero-order chi connectivity index (χ0) is 12.5. The Labute approximate surface area is 106 Å². The summed E-state index contributed by atoms with van der Waals surface area (Å²) in [5.74, 6) is 0.805. The molecular weight excluding hydrogens is 230 g/mol. The van der Waals surface area contributed by atoms with Gasteiger partial charge in [0.15, 0.2) is 5.82 Å². The van der Waals surface area contributed by atoms with Gasteiger partial charge >= 0.3 is 0 Å². The first kappa shape index (κ1) is 12.0. The van der Waals surface area contributed by atoms with Crippen molar-refractivity contribution in [1.29, 1.82) is 0 Å². The van der Waals surface area contributed by atoms with Crippen LogP contribution in [0.1, 0.15) is 26.3 Å². The number of aromatic nitrogens is 2. The number of hydrogen-bond acceptors (Lipinski definition) is 4. The lowest BCUT2D eigenvalue weighted by atomic mass is 10.1. The minimum Gasteiger partial charge on any atom is -0.356 e. The van der Waals surface area contributed by atoms with E-state index in [0.29, 0.717) is 0 Å². The Kier molecular flexibility index (Phi) is 3.15. The van der Waals surface area contributed by atoms with E-state index in [1.165, 1.54) is 17.1 Å². The molecule has 1 N–H and O–H groups in total. The van der Waals surface area contributed by atoms with Crippen molar-refractivity contribution < 1.29 is 0 Å². The molecule has 0 spiro atoms. The summed E-state index contributed by atoms with van der Waals surface area (Å²) in [5, 5.41) is 4.21. The number of nitrogens with one attached hydrogen (secondary N) is 1. The maximum atomic E-state index is 4.52. The van der Waals surface area contributed by atoms with Gasteiger partial charge < -0.3 is 5.32 Å². The van der Waals surface area contributed by atoms with Crippen LogP contribution >= 0.6 is 11.5 Å². The van der Waals surface area contributed by atoms with Crippen LogP contribution in [0.4, 0.5) is 5.13 Å². The van der Waals surface area contributed by atoms with Gasteiger partial charge in [-0.25, -0.2) is 0 Å². The van der Waals surface area contributed by atoms with Gasteiger partial charge in [-0.1, -0.05) is 24.3 Å². The van der Waals surface area contributed by atoms with Crippen molar-refractivity contribution in [3.05, 3.63) is 29.8 Å². The molecule has 0 saturated heterocycles. The lowest BCUT2D eigenvalue weighted by Crippen LogP contribution is -2.25. The standard InChI is InChI=1S/C13H17N3S/c1-9-7-5-6-8-10(9)11-14-12(17-16-11)15-13(2,3)4/h5-8H,1-4H3,(H,14,15,16). The summed E-state index contributed by atoms with van der Waals surface area (Å²) >= 11 is 1.41. The number of hydrogen-bond donors (Lipinski definition) is 1. The molecule has 3 nitrogen and oxygen atoms in total. The third-order valence-corrected chi connectivity index (χ3v) is 2.92. The smallest absolute Gasteiger partial charge is 0.203 e. The first-order valence-corrected chi connectivity index (χ1v) is 6.41. The first-order chi connectivity index (χ1) is 7.96. The molecule has 0 saturated carbocycles. The second kappa shape index (κ2) is 4.45. The summed E-state index contributed by atoms with van der Waals surface area (Å²) in [6, 6.07) is 8.17. The molecule has 0 radical (unpaired) electrons. The van der Waals surface area contributed by atoms with E-state index in [0.717, 1.165) is 16.5 Å². The molecular formula is C13H17N3S. The Morgan fingerprint density at radius 1 is 1.18 bits per heavy atom. The molecule has 0 amide bonds. The summed E-state index contributed by atoms with van der Waals surface area (Å²) in [7, 11) is 0. The van der Waals surface area contributed by atoms with Crippen LogP contribution in [0.2, 0.25) is 0 Å². The molecule has 0 aliphatic heterocycles. The van der Waals surface area contributed by atoms with Crippen molar-refractivity contribution in [1.82, 2.24) is 9.36 Å². The van der Waals surface area contributed by atoms with E-state index < -0.39 is 0 Å². The van der Waals surface area contributed by atoms with Crippen LogP contribution in [-0.2, 0) is 0 Å². The first-order valence-electron chi connectivity index (χ1n) is 5.63. The molecule has 0 aliphatic rings. The molecule has 0 unspecified atom stereocenters. The van der Waals surface area contributed by atoms with Crippen LogP contribution in [0.25, 0.3) is 11.4 Å². The minimum absolute atomic E-state index is 0.0164. The Hall–Kier alpha value is -1.42. The van der Waals surface area contributed by atoms with E-state index in [1.54, 1.807) is 0 Å². The maximum Gasteiger partial charge on any atom is 0.203 e. The van der Waals surface area contributed by atoms with Crippen LogP contribution in [0.3, 0.4) is 0 Å². The second-order valence-electron chi connectivity index (χ2n) is 5.11. The number of nitrogens with zero attached hydrogens (tertiary/aromatic N) is 2. The summed E-state index contributed by atoms with van der Waals surface area (Å²) in [6.45, 7) is 8.42. The molecule has 17 heavy (non-hydrogen) atoms. The molecule has 1 heterocycles. The lowest BCUT2D eigenvalue weighted by Gasteiger charge is -2.18. The molecule has 1 aromatic heterocycles. The summed E-state index contributed by atoms with van der Waals surface area (Å²) < 4.78 is 4.40. The van der Waals surface area contributed by atoms with E-state index in [-0.39, 0.29) is 5.54 Å². The average Bonchev–Trinajstić information content (AvgIpc) is 2.64. The summed E-state index contributed by atoms with van der Waals surface area (Å²) in [5.41, 5.74) is 2.32. The number of benzene rings is 1. The SMILES string of the molecule is Cc1ccccc1-c1nsc(NC(C)(C)C)n1. The highest BCUT2D eigenvalue weighted by atomic mass is 32.1. The van der Waals surface area contributed by atoms with Crippen molar-refractivity contribution in [2.45, 2.75) is 33.2 Å². The summed E-state index contributed by atoms with van der Waals surface area (Å²) in [6.07, 6.45) is 0. The van der Waals surface area contributed by atoms with Gasteiger partial charge in [0.25, 0.3) is 0 Å². The monoisotopic (exact) mass is 247 g/mol. The van der Waals surface area contributed by atoms with Gasteiger partial charge in [0.1, 0.15) is 0 Å². The maximum absolute atomic E-state index is 4.52. The lowest BCUT2D eigenvalue weighted by molar-refractivity contribution is 0.633. The van der Waals surface area contributed by atoms with Gasteiger partial charge in [-0.05, 0) is 33.3 Å². The fraction of sp³-hybridized carbons (Fsp3) is 0.385. The molecule has 0 fully saturated rings. The Morgan fingerprint density at radius 2 is 1.88 bits per heavy atom. The normalized spacial score (nSPS) is 11.5.